The van der Waals surface area contributed by atoms with Gasteiger partial charge in [-0.2, -0.15) is 9.57 Å². The SMILES string of the molecule is CC(=O)C1CCN(S(=O)(=O)c2ccc(C#N)nc2)CC1. The number of carbonyl (C=O) groups is 1. The van der Waals surface area contributed by atoms with Crippen LogP contribution >= 0.6 is 0 Å². The van der Waals surface area contributed by atoms with Gasteiger partial charge >= 0.3 is 0 Å². The van der Waals surface area contributed by atoms with Crippen molar-refractivity contribution >= 4 is 15.8 Å². The molecule has 0 aromatic carbocycles. The molecule has 20 heavy (non-hydrogen) atoms. The van der Waals surface area contributed by atoms with E-state index in [4.69, 9.17) is 5.26 Å². The average molecular weight is 293 g/mol. The number of ketones is 1. The lowest BCUT2D eigenvalue weighted by atomic mass is 9.95. The number of pyridine rings is 1. The molecule has 1 aromatic heterocycles. The maximum absolute atomic E-state index is 12.4. The van der Waals surface area contributed by atoms with E-state index < -0.39 is 10.0 Å². The molecule has 0 amide bonds. The van der Waals surface area contributed by atoms with E-state index in [0.29, 0.717) is 25.9 Å². The maximum atomic E-state index is 12.4. The molecule has 2 rings (SSSR count). The molecule has 1 aliphatic heterocycles. The van der Waals surface area contributed by atoms with Crippen molar-refractivity contribution in [3.63, 3.8) is 0 Å². The number of nitriles is 1. The van der Waals surface area contributed by atoms with Crippen LogP contribution in [0.3, 0.4) is 0 Å². The molecule has 0 atom stereocenters. The van der Waals surface area contributed by atoms with Crippen LogP contribution in [0.4, 0.5) is 0 Å². The molecule has 2 heterocycles. The Morgan fingerprint density at radius 3 is 2.50 bits per heavy atom. The molecule has 0 bridgehead atoms. The van der Waals surface area contributed by atoms with Crippen molar-refractivity contribution in [3.8, 4) is 6.07 Å². The zero-order valence-corrected chi connectivity index (χ0v) is 11.9. The van der Waals surface area contributed by atoms with Gasteiger partial charge in [-0.15, -0.1) is 0 Å². The Hall–Kier alpha value is -1.78. The molecular weight excluding hydrogens is 278 g/mol. The van der Waals surface area contributed by atoms with Crippen LogP contribution in [-0.4, -0.2) is 36.6 Å². The largest absolute Gasteiger partial charge is 0.300 e. The highest BCUT2D eigenvalue weighted by atomic mass is 32.2. The zero-order valence-electron chi connectivity index (χ0n) is 11.1. The Balaban J connectivity index is 2.15. The fraction of sp³-hybridized carbons (Fsp3) is 0.462. The number of sulfonamides is 1. The number of rotatable bonds is 3. The Morgan fingerprint density at radius 2 is 2.05 bits per heavy atom. The number of aromatic nitrogens is 1. The predicted octanol–water partition coefficient (Wildman–Crippen LogP) is 0.943. The minimum atomic E-state index is -3.59. The first-order valence-electron chi connectivity index (χ1n) is 6.32. The molecule has 0 radical (unpaired) electrons. The van der Waals surface area contributed by atoms with Crippen LogP contribution in [0.1, 0.15) is 25.5 Å². The third-order valence-electron chi connectivity index (χ3n) is 3.52. The van der Waals surface area contributed by atoms with Gasteiger partial charge in [0.25, 0.3) is 0 Å². The van der Waals surface area contributed by atoms with E-state index in [2.05, 4.69) is 4.98 Å². The number of hydrogen-bond donors (Lipinski definition) is 0. The standard InChI is InChI=1S/C13H15N3O3S/c1-10(17)11-4-6-16(7-5-11)20(18,19)13-3-2-12(8-14)15-9-13/h2-3,9,11H,4-7H2,1H3. The molecule has 1 aromatic rings. The van der Waals surface area contributed by atoms with Gasteiger partial charge in [-0.3, -0.25) is 4.79 Å². The molecule has 0 saturated carbocycles. The van der Waals surface area contributed by atoms with E-state index in [0.717, 1.165) is 0 Å². The van der Waals surface area contributed by atoms with Gasteiger partial charge in [0.05, 0.1) is 0 Å². The molecule has 6 nitrogen and oxygen atoms in total. The molecule has 1 fully saturated rings. The summed E-state index contributed by atoms with van der Waals surface area (Å²) in [6, 6.07) is 4.62. The van der Waals surface area contributed by atoms with E-state index in [1.807, 2.05) is 6.07 Å². The van der Waals surface area contributed by atoms with Crippen LogP contribution in [-0.2, 0) is 14.8 Å². The van der Waals surface area contributed by atoms with Gasteiger partial charge in [-0.25, -0.2) is 13.4 Å². The quantitative estimate of drug-likeness (QED) is 0.827. The lowest BCUT2D eigenvalue weighted by Crippen LogP contribution is -2.39. The van der Waals surface area contributed by atoms with Crippen molar-refractivity contribution in [1.29, 1.82) is 5.26 Å². The lowest BCUT2D eigenvalue weighted by molar-refractivity contribution is -0.121. The minimum absolute atomic E-state index is 0.0412. The number of piperidine rings is 1. The second-order valence-corrected chi connectivity index (χ2v) is 6.72. The van der Waals surface area contributed by atoms with Crippen molar-refractivity contribution < 1.29 is 13.2 Å². The summed E-state index contributed by atoms with van der Waals surface area (Å²) >= 11 is 0. The first-order chi connectivity index (χ1) is 9.45. The van der Waals surface area contributed by atoms with Crippen LogP contribution in [0.5, 0.6) is 0 Å². The third kappa shape index (κ3) is 2.86. The highest BCUT2D eigenvalue weighted by Crippen LogP contribution is 2.23. The summed E-state index contributed by atoms with van der Waals surface area (Å²) in [7, 11) is -3.59. The van der Waals surface area contributed by atoms with E-state index in [1.54, 1.807) is 6.92 Å². The summed E-state index contributed by atoms with van der Waals surface area (Å²) < 4.78 is 26.1. The normalized spacial score (nSPS) is 17.6. The number of nitrogens with zero attached hydrogens (tertiary/aromatic N) is 3. The van der Waals surface area contributed by atoms with Crippen LogP contribution in [0.15, 0.2) is 23.2 Å². The summed E-state index contributed by atoms with van der Waals surface area (Å²) in [5.41, 5.74) is 0.180. The Kier molecular flexibility index (Phi) is 4.16. The monoisotopic (exact) mass is 293 g/mol. The van der Waals surface area contributed by atoms with Gasteiger partial charge in [0.2, 0.25) is 10.0 Å². The maximum Gasteiger partial charge on any atom is 0.244 e. The molecule has 0 N–H and O–H groups in total. The Morgan fingerprint density at radius 1 is 1.40 bits per heavy atom. The van der Waals surface area contributed by atoms with Crippen LogP contribution in [0, 0.1) is 17.2 Å². The van der Waals surface area contributed by atoms with Crippen molar-refractivity contribution in [1.82, 2.24) is 9.29 Å². The van der Waals surface area contributed by atoms with Crippen molar-refractivity contribution in [2.45, 2.75) is 24.7 Å². The highest BCUT2D eigenvalue weighted by Gasteiger charge is 2.30. The van der Waals surface area contributed by atoms with E-state index >= 15 is 0 Å². The molecule has 0 unspecified atom stereocenters. The smallest absolute Gasteiger partial charge is 0.244 e. The van der Waals surface area contributed by atoms with Crippen molar-refractivity contribution in [2.24, 2.45) is 5.92 Å². The van der Waals surface area contributed by atoms with E-state index in [9.17, 15) is 13.2 Å². The molecule has 0 spiro atoms. The summed E-state index contributed by atoms with van der Waals surface area (Å²) in [4.78, 5) is 15.1. The molecular formula is C13H15N3O3S. The zero-order chi connectivity index (χ0) is 14.8. The number of Topliss-reactive ketones (excluding diaryl/α,β-unsaturated/α-hetero) is 1. The van der Waals surface area contributed by atoms with Crippen LogP contribution < -0.4 is 0 Å². The van der Waals surface area contributed by atoms with Gasteiger partial charge in [-0.1, -0.05) is 0 Å². The number of hydrogen-bond acceptors (Lipinski definition) is 5. The van der Waals surface area contributed by atoms with Crippen LogP contribution in [0.25, 0.3) is 0 Å². The van der Waals surface area contributed by atoms with E-state index in [1.165, 1.54) is 22.6 Å². The van der Waals surface area contributed by atoms with Gasteiger partial charge in [0.1, 0.15) is 22.4 Å². The fourth-order valence-corrected chi connectivity index (χ4v) is 3.67. The topological polar surface area (TPSA) is 91.1 Å². The number of carbonyl (C=O) groups excluding carboxylic acids is 1. The fourth-order valence-electron chi connectivity index (χ4n) is 2.25. The summed E-state index contributed by atoms with van der Waals surface area (Å²) in [5.74, 6) is 0.0719. The Labute approximate surface area is 118 Å². The lowest BCUT2D eigenvalue weighted by Gasteiger charge is -2.29. The summed E-state index contributed by atoms with van der Waals surface area (Å²) in [6.07, 6.45) is 2.31. The minimum Gasteiger partial charge on any atom is -0.300 e. The molecule has 106 valence electrons. The second-order valence-electron chi connectivity index (χ2n) is 4.78. The molecule has 0 aliphatic carbocycles. The van der Waals surface area contributed by atoms with Gasteiger partial charge < -0.3 is 0 Å². The average Bonchev–Trinajstić information content (AvgIpc) is 2.47. The van der Waals surface area contributed by atoms with Gasteiger partial charge in [0.15, 0.2) is 0 Å². The first-order valence-corrected chi connectivity index (χ1v) is 7.76. The van der Waals surface area contributed by atoms with Crippen LogP contribution in [0.2, 0.25) is 0 Å². The van der Waals surface area contributed by atoms with Crippen molar-refractivity contribution in [2.75, 3.05) is 13.1 Å². The van der Waals surface area contributed by atoms with Gasteiger partial charge in [0, 0.05) is 25.2 Å². The van der Waals surface area contributed by atoms with E-state index in [-0.39, 0.29) is 22.3 Å². The highest BCUT2D eigenvalue weighted by molar-refractivity contribution is 7.89. The van der Waals surface area contributed by atoms with Gasteiger partial charge in [-0.05, 0) is 31.9 Å². The third-order valence-corrected chi connectivity index (χ3v) is 5.40. The summed E-state index contributed by atoms with van der Waals surface area (Å²) in [6.45, 7) is 2.22. The predicted molar refractivity (Wildman–Crippen MR) is 71.1 cm³/mol. The molecule has 1 saturated heterocycles. The Bertz CT molecular complexity index is 638. The first kappa shape index (κ1) is 14.6. The molecule has 1 aliphatic rings. The molecule has 7 heteroatoms. The van der Waals surface area contributed by atoms with Crippen molar-refractivity contribution in [3.05, 3.63) is 24.0 Å². The summed E-state index contributed by atoms with van der Waals surface area (Å²) in [5, 5.41) is 8.66. The second kappa shape index (κ2) is 5.69.